The first kappa shape index (κ1) is 20.6. The third-order valence-corrected chi connectivity index (χ3v) is 4.53. The first-order valence-corrected chi connectivity index (χ1v) is 9.45. The van der Waals surface area contributed by atoms with Crippen molar-refractivity contribution in [3.8, 4) is 5.75 Å². The number of hydrogen-bond donors (Lipinski definition) is 3. The fourth-order valence-corrected chi connectivity index (χ4v) is 2.87. The number of aryl methyl sites for hydroxylation is 1. The van der Waals surface area contributed by atoms with Crippen LogP contribution in [-0.4, -0.2) is 29.3 Å². The summed E-state index contributed by atoms with van der Waals surface area (Å²) in [4.78, 5) is 11.9. The lowest BCUT2D eigenvalue weighted by molar-refractivity contribution is 0.0944. The summed E-state index contributed by atoms with van der Waals surface area (Å²) in [5.41, 5.74) is 8.71. The summed E-state index contributed by atoms with van der Waals surface area (Å²) in [5.74, 6) is 0.288. The number of hydrogen-bond acceptors (Lipinski definition) is 7. The highest BCUT2D eigenvalue weighted by molar-refractivity contribution is 6.30. The second-order valence-electron chi connectivity index (χ2n) is 6.40. The zero-order chi connectivity index (χ0) is 20.6. The summed E-state index contributed by atoms with van der Waals surface area (Å²) in [7, 11) is 0. The highest BCUT2D eigenvalue weighted by atomic mass is 35.5. The molecule has 1 amide bonds. The van der Waals surface area contributed by atoms with Gasteiger partial charge in [0.2, 0.25) is 11.5 Å². The monoisotopic (exact) mass is 415 g/mol. The predicted octanol–water partition coefficient (Wildman–Crippen LogP) is 2.71. The largest absolute Gasteiger partial charge is 0.489 e. The molecule has 0 bridgehead atoms. The second kappa shape index (κ2) is 9.90. The maximum Gasteiger partial charge on any atom is 0.277 e. The van der Waals surface area contributed by atoms with E-state index in [1.807, 2.05) is 30.3 Å². The summed E-state index contributed by atoms with van der Waals surface area (Å²) in [6.45, 7) is 3.98. The first-order valence-electron chi connectivity index (χ1n) is 9.07. The van der Waals surface area contributed by atoms with Gasteiger partial charge in [-0.1, -0.05) is 35.9 Å². The van der Waals surface area contributed by atoms with Crippen LogP contribution in [-0.2, 0) is 13.2 Å². The van der Waals surface area contributed by atoms with Crippen LogP contribution in [0.3, 0.4) is 0 Å². The highest BCUT2D eigenvalue weighted by Crippen LogP contribution is 2.24. The van der Waals surface area contributed by atoms with Crippen molar-refractivity contribution in [2.24, 2.45) is 0 Å². The Kier molecular flexibility index (Phi) is 7.04. The van der Waals surface area contributed by atoms with Crippen LogP contribution in [0.2, 0.25) is 5.02 Å². The number of halogens is 1. The van der Waals surface area contributed by atoms with E-state index in [2.05, 4.69) is 38.6 Å². The van der Waals surface area contributed by atoms with E-state index in [4.69, 9.17) is 22.1 Å². The average molecular weight is 416 g/mol. The number of carbonyl (C=O) groups excluding carboxylic acids is 1. The molecule has 4 N–H and O–H groups in total. The first-order chi connectivity index (χ1) is 14.0. The fraction of sp³-hybridized carbons (Fsp3) is 0.250. The number of nitrogens with two attached hydrogens (primary N) is 1. The number of nitrogen functional groups attached to an aromatic ring is 1. The molecule has 9 heteroatoms. The van der Waals surface area contributed by atoms with Crippen molar-refractivity contribution in [2.75, 3.05) is 18.8 Å². The summed E-state index contributed by atoms with van der Waals surface area (Å²) >= 11 is 6.14. The van der Waals surface area contributed by atoms with Gasteiger partial charge in [-0.3, -0.25) is 4.79 Å². The SMILES string of the molecule is Cc1ccccc1COc1ccc(Cl)cc1CNCCNC(=O)c1nonc1N. The van der Waals surface area contributed by atoms with E-state index in [-0.39, 0.29) is 11.5 Å². The van der Waals surface area contributed by atoms with Crippen molar-refractivity contribution in [1.82, 2.24) is 20.9 Å². The number of aromatic nitrogens is 2. The smallest absolute Gasteiger partial charge is 0.277 e. The highest BCUT2D eigenvalue weighted by Gasteiger charge is 2.15. The molecule has 8 nitrogen and oxygen atoms in total. The van der Waals surface area contributed by atoms with E-state index in [1.165, 1.54) is 5.56 Å². The molecule has 1 aromatic heterocycles. The molecule has 3 rings (SSSR count). The summed E-state index contributed by atoms with van der Waals surface area (Å²) in [6.07, 6.45) is 0. The molecule has 1 heterocycles. The Morgan fingerprint density at radius 1 is 1.17 bits per heavy atom. The van der Waals surface area contributed by atoms with E-state index >= 15 is 0 Å². The Morgan fingerprint density at radius 3 is 2.76 bits per heavy atom. The van der Waals surface area contributed by atoms with Gasteiger partial charge in [-0.2, -0.15) is 0 Å². The van der Waals surface area contributed by atoms with Crippen LogP contribution in [0.5, 0.6) is 5.75 Å². The van der Waals surface area contributed by atoms with Crippen molar-refractivity contribution in [1.29, 1.82) is 0 Å². The zero-order valence-electron chi connectivity index (χ0n) is 15.9. The van der Waals surface area contributed by atoms with Gasteiger partial charge in [0.1, 0.15) is 12.4 Å². The van der Waals surface area contributed by atoms with Crippen molar-refractivity contribution >= 4 is 23.3 Å². The van der Waals surface area contributed by atoms with Crippen LogP contribution in [0.1, 0.15) is 27.2 Å². The number of benzene rings is 2. The molecule has 0 radical (unpaired) electrons. The van der Waals surface area contributed by atoms with Crippen LogP contribution >= 0.6 is 11.6 Å². The second-order valence-corrected chi connectivity index (χ2v) is 6.83. The van der Waals surface area contributed by atoms with E-state index in [9.17, 15) is 4.79 Å². The minimum atomic E-state index is -0.435. The Balaban J connectivity index is 1.50. The molecular weight excluding hydrogens is 394 g/mol. The maximum absolute atomic E-state index is 11.9. The molecule has 0 aliphatic rings. The average Bonchev–Trinajstić information content (AvgIpc) is 3.14. The van der Waals surface area contributed by atoms with Crippen LogP contribution in [0.4, 0.5) is 5.82 Å². The van der Waals surface area contributed by atoms with Gasteiger partial charge in [-0.25, -0.2) is 4.63 Å². The molecule has 0 atom stereocenters. The molecular formula is C20H22ClN5O3. The van der Waals surface area contributed by atoms with Crippen molar-refractivity contribution in [3.05, 3.63) is 69.9 Å². The molecule has 2 aromatic carbocycles. The van der Waals surface area contributed by atoms with Gasteiger partial charge in [-0.05, 0) is 46.6 Å². The minimum absolute atomic E-state index is 0.0215. The van der Waals surface area contributed by atoms with Gasteiger partial charge in [0, 0.05) is 30.2 Å². The van der Waals surface area contributed by atoms with Gasteiger partial charge in [0.15, 0.2) is 0 Å². The molecule has 0 unspecified atom stereocenters. The molecule has 0 fully saturated rings. The number of anilines is 1. The molecule has 29 heavy (non-hydrogen) atoms. The van der Waals surface area contributed by atoms with E-state index in [0.29, 0.717) is 31.3 Å². The van der Waals surface area contributed by atoms with E-state index < -0.39 is 5.91 Å². The summed E-state index contributed by atoms with van der Waals surface area (Å²) < 4.78 is 10.4. The third-order valence-electron chi connectivity index (χ3n) is 4.30. The van der Waals surface area contributed by atoms with Crippen molar-refractivity contribution in [2.45, 2.75) is 20.1 Å². The predicted molar refractivity (Wildman–Crippen MR) is 110 cm³/mol. The number of nitrogens with one attached hydrogen (secondary N) is 2. The van der Waals surface area contributed by atoms with Crippen LogP contribution < -0.4 is 21.1 Å². The molecule has 152 valence electrons. The lowest BCUT2D eigenvalue weighted by Crippen LogP contribution is -2.32. The van der Waals surface area contributed by atoms with Gasteiger partial charge in [-0.15, -0.1) is 0 Å². The zero-order valence-corrected chi connectivity index (χ0v) is 16.7. The Hall–Kier alpha value is -3.10. The molecule has 0 aliphatic carbocycles. The maximum atomic E-state index is 11.9. The number of carbonyl (C=O) groups is 1. The summed E-state index contributed by atoms with van der Waals surface area (Å²) in [5, 5.41) is 13.4. The Labute approximate surface area is 173 Å². The normalized spacial score (nSPS) is 10.7. The lowest BCUT2D eigenvalue weighted by atomic mass is 10.1. The van der Waals surface area contributed by atoms with Gasteiger partial charge in [0.05, 0.1) is 0 Å². The quantitative estimate of drug-likeness (QED) is 0.460. The molecule has 0 saturated carbocycles. The van der Waals surface area contributed by atoms with Gasteiger partial charge in [0.25, 0.3) is 5.91 Å². The molecule has 0 aliphatic heterocycles. The lowest BCUT2D eigenvalue weighted by Gasteiger charge is -2.14. The van der Waals surface area contributed by atoms with Gasteiger partial charge >= 0.3 is 0 Å². The minimum Gasteiger partial charge on any atom is -0.489 e. The number of rotatable bonds is 9. The Morgan fingerprint density at radius 2 is 2.00 bits per heavy atom. The van der Waals surface area contributed by atoms with Crippen molar-refractivity contribution < 1.29 is 14.2 Å². The van der Waals surface area contributed by atoms with Crippen LogP contribution in [0, 0.1) is 6.92 Å². The summed E-state index contributed by atoms with van der Waals surface area (Å²) in [6, 6.07) is 13.6. The number of amides is 1. The van der Waals surface area contributed by atoms with E-state index in [1.54, 1.807) is 6.07 Å². The van der Waals surface area contributed by atoms with Gasteiger partial charge < -0.3 is 21.1 Å². The third kappa shape index (κ3) is 5.69. The fourth-order valence-electron chi connectivity index (χ4n) is 2.68. The molecule has 0 spiro atoms. The van der Waals surface area contributed by atoms with Crippen LogP contribution in [0.25, 0.3) is 0 Å². The molecule has 0 saturated heterocycles. The number of nitrogens with zero attached hydrogens (tertiary/aromatic N) is 2. The Bertz CT molecular complexity index is 976. The van der Waals surface area contributed by atoms with E-state index in [0.717, 1.165) is 16.9 Å². The molecule has 3 aromatic rings. The standard InChI is InChI=1S/C20H22ClN5O3/c1-13-4-2-3-5-14(13)12-28-17-7-6-16(21)10-15(17)11-23-8-9-24-20(27)18-19(22)26-29-25-18/h2-7,10,23H,8-9,11-12H2,1H3,(H2,22,26)(H,24,27). The van der Waals surface area contributed by atoms with Crippen molar-refractivity contribution in [3.63, 3.8) is 0 Å². The topological polar surface area (TPSA) is 115 Å². The number of ether oxygens (including phenoxy) is 1. The van der Waals surface area contributed by atoms with Crippen LogP contribution in [0.15, 0.2) is 47.1 Å².